The molecular weight excluding hydrogens is 338 g/mol. The normalized spacial score (nSPS) is 28.8. The molecule has 1 aliphatic heterocycles. The minimum absolute atomic E-state index is 0.114. The molecule has 0 radical (unpaired) electrons. The first-order chi connectivity index (χ1) is 8.24. The molecule has 2 unspecified atom stereocenters. The molecule has 1 fully saturated rings. The van der Waals surface area contributed by atoms with E-state index >= 15 is 0 Å². The van der Waals surface area contributed by atoms with E-state index in [0.29, 0.717) is 17.2 Å². The lowest BCUT2D eigenvalue weighted by atomic mass is 9.97. The second-order valence-corrected chi connectivity index (χ2v) is 9.09. The highest BCUT2D eigenvalue weighted by Gasteiger charge is 2.41. The Labute approximate surface area is 120 Å². The summed E-state index contributed by atoms with van der Waals surface area (Å²) in [7, 11) is -3.48. The van der Waals surface area contributed by atoms with E-state index in [2.05, 4.69) is 20.7 Å². The SMILES string of the molecule is Cc1cc(S(=O)(=O)NC2(C)CCOC2C)sc1Br. The van der Waals surface area contributed by atoms with Crippen LogP contribution in [0.15, 0.2) is 14.1 Å². The van der Waals surface area contributed by atoms with Crippen molar-refractivity contribution in [3.63, 3.8) is 0 Å². The molecule has 2 heterocycles. The minimum atomic E-state index is -3.48. The molecule has 7 heteroatoms. The van der Waals surface area contributed by atoms with Gasteiger partial charge in [-0.1, -0.05) is 0 Å². The number of rotatable bonds is 3. The van der Waals surface area contributed by atoms with Gasteiger partial charge in [-0.3, -0.25) is 0 Å². The minimum Gasteiger partial charge on any atom is -0.376 e. The van der Waals surface area contributed by atoms with Gasteiger partial charge in [0.05, 0.1) is 15.4 Å². The molecule has 4 nitrogen and oxygen atoms in total. The fraction of sp³-hybridized carbons (Fsp3) is 0.636. The Morgan fingerprint density at radius 2 is 2.28 bits per heavy atom. The van der Waals surface area contributed by atoms with Gasteiger partial charge < -0.3 is 4.74 Å². The zero-order chi connectivity index (χ0) is 13.6. The van der Waals surface area contributed by atoms with Crippen LogP contribution in [0.25, 0.3) is 0 Å². The second-order valence-electron chi connectivity index (χ2n) is 4.81. The lowest BCUT2D eigenvalue weighted by molar-refractivity contribution is 0.0957. The zero-order valence-corrected chi connectivity index (χ0v) is 13.7. The smallest absolute Gasteiger partial charge is 0.250 e. The van der Waals surface area contributed by atoms with Crippen LogP contribution in [-0.2, 0) is 14.8 Å². The van der Waals surface area contributed by atoms with Crippen molar-refractivity contribution in [3.05, 3.63) is 15.4 Å². The number of sulfonamides is 1. The van der Waals surface area contributed by atoms with Crippen LogP contribution >= 0.6 is 27.3 Å². The highest BCUT2D eigenvalue weighted by atomic mass is 79.9. The maximum absolute atomic E-state index is 12.3. The Morgan fingerprint density at radius 1 is 1.61 bits per heavy atom. The molecular formula is C11H16BrNO3S2. The Balaban J connectivity index is 2.27. The zero-order valence-electron chi connectivity index (χ0n) is 10.5. The summed E-state index contributed by atoms with van der Waals surface area (Å²) in [5, 5.41) is 0. The fourth-order valence-electron chi connectivity index (χ4n) is 1.89. The topological polar surface area (TPSA) is 55.4 Å². The molecule has 0 aromatic carbocycles. The van der Waals surface area contributed by atoms with E-state index in [9.17, 15) is 8.42 Å². The number of hydrogen-bond acceptors (Lipinski definition) is 4. The number of aryl methyl sites for hydroxylation is 1. The summed E-state index contributed by atoms with van der Waals surface area (Å²) in [4.78, 5) is 0. The van der Waals surface area contributed by atoms with Gasteiger partial charge in [0.1, 0.15) is 4.21 Å². The molecule has 1 saturated heterocycles. The standard InChI is InChI=1S/C11H16BrNO3S2/c1-7-6-9(17-10(7)12)18(14,15)13-11(3)4-5-16-8(11)2/h6,8,13H,4-5H2,1-3H3. The average molecular weight is 354 g/mol. The van der Waals surface area contributed by atoms with Gasteiger partial charge in [-0.15, -0.1) is 11.3 Å². The summed E-state index contributed by atoms with van der Waals surface area (Å²) < 4.78 is 34.1. The first-order valence-electron chi connectivity index (χ1n) is 5.66. The average Bonchev–Trinajstić information content (AvgIpc) is 2.73. The van der Waals surface area contributed by atoms with E-state index < -0.39 is 15.6 Å². The molecule has 18 heavy (non-hydrogen) atoms. The van der Waals surface area contributed by atoms with Gasteiger partial charge in [0.2, 0.25) is 0 Å². The van der Waals surface area contributed by atoms with Crippen molar-refractivity contribution in [2.45, 2.75) is 43.0 Å². The van der Waals surface area contributed by atoms with Crippen molar-refractivity contribution in [2.24, 2.45) is 0 Å². The number of ether oxygens (including phenoxy) is 1. The molecule has 0 aliphatic carbocycles. The van der Waals surface area contributed by atoms with Crippen LogP contribution < -0.4 is 4.72 Å². The third-order valence-corrected chi connectivity index (χ3v) is 7.58. The number of nitrogens with one attached hydrogen (secondary N) is 1. The maximum atomic E-state index is 12.3. The lowest BCUT2D eigenvalue weighted by Gasteiger charge is -2.28. The van der Waals surface area contributed by atoms with Crippen LogP contribution in [0.3, 0.4) is 0 Å². The summed E-state index contributed by atoms with van der Waals surface area (Å²) in [5.41, 5.74) is 0.407. The third-order valence-electron chi connectivity index (χ3n) is 3.35. The Hall–Kier alpha value is 0.0500. The maximum Gasteiger partial charge on any atom is 0.250 e. The van der Waals surface area contributed by atoms with Gasteiger partial charge in [-0.05, 0) is 54.8 Å². The molecule has 1 aliphatic rings. The predicted molar refractivity (Wildman–Crippen MR) is 75.5 cm³/mol. The van der Waals surface area contributed by atoms with Crippen LogP contribution in [0.4, 0.5) is 0 Å². The summed E-state index contributed by atoms with van der Waals surface area (Å²) in [6, 6.07) is 1.68. The van der Waals surface area contributed by atoms with Crippen molar-refractivity contribution in [2.75, 3.05) is 6.61 Å². The number of hydrogen-bond donors (Lipinski definition) is 1. The highest BCUT2D eigenvalue weighted by molar-refractivity contribution is 9.11. The van der Waals surface area contributed by atoms with Gasteiger partial charge >= 0.3 is 0 Å². The molecule has 2 atom stereocenters. The molecule has 1 N–H and O–H groups in total. The summed E-state index contributed by atoms with van der Waals surface area (Å²) >= 11 is 4.58. The molecule has 1 aromatic rings. The monoisotopic (exact) mass is 353 g/mol. The third kappa shape index (κ3) is 2.65. The van der Waals surface area contributed by atoms with E-state index in [4.69, 9.17) is 4.74 Å². The van der Waals surface area contributed by atoms with E-state index in [0.717, 1.165) is 9.35 Å². The van der Waals surface area contributed by atoms with Crippen LogP contribution in [0.5, 0.6) is 0 Å². The lowest BCUT2D eigenvalue weighted by Crippen LogP contribution is -2.50. The van der Waals surface area contributed by atoms with Gasteiger partial charge in [-0.2, -0.15) is 0 Å². The summed E-state index contributed by atoms with van der Waals surface area (Å²) in [6.07, 6.45) is 0.579. The molecule has 1 aromatic heterocycles. The first-order valence-corrected chi connectivity index (χ1v) is 8.75. The van der Waals surface area contributed by atoms with Crippen molar-refractivity contribution < 1.29 is 13.2 Å². The van der Waals surface area contributed by atoms with E-state index in [1.807, 2.05) is 20.8 Å². The highest BCUT2D eigenvalue weighted by Crippen LogP contribution is 2.33. The van der Waals surface area contributed by atoms with Crippen LogP contribution in [0.2, 0.25) is 0 Å². The van der Waals surface area contributed by atoms with Gasteiger partial charge in [0.25, 0.3) is 10.0 Å². The van der Waals surface area contributed by atoms with Crippen molar-refractivity contribution in [1.29, 1.82) is 0 Å². The van der Waals surface area contributed by atoms with Gasteiger partial charge in [-0.25, -0.2) is 13.1 Å². The molecule has 0 bridgehead atoms. The summed E-state index contributed by atoms with van der Waals surface area (Å²) in [6.45, 7) is 6.25. The molecule has 0 spiro atoms. The second kappa shape index (κ2) is 4.86. The molecule has 102 valence electrons. The van der Waals surface area contributed by atoms with Crippen LogP contribution in [0, 0.1) is 6.92 Å². The first kappa shape index (κ1) is 14.5. The van der Waals surface area contributed by atoms with Gasteiger partial charge in [0, 0.05) is 6.61 Å². The molecule has 0 saturated carbocycles. The van der Waals surface area contributed by atoms with E-state index in [-0.39, 0.29) is 6.10 Å². The Bertz CT molecular complexity index is 535. The van der Waals surface area contributed by atoms with Gasteiger partial charge in [0.15, 0.2) is 0 Å². The quantitative estimate of drug-likeness (QED) is 0.908. The Kier molecular flexibility index (Phi) is 3.91. The largest absolute Gasteiger partial charge is 0.376 e. The molecule has 2 rings (SSSR count). The number of halogens is 1. The Morgan fingerprint density at radius 3 is 2.72 bits per heavy atom. The van der Waals surface area contributed by atoms with Crippen molar-refractivity contribution in [3.8, 4) is 0 Å². The van der Waals surface area contributed by atoms with Crippen molar-refractivity contribution in [1.82, 2.24) is 4.72 Å². The van der Waals surface area contributed by atoms with Crippen LogP contribution in [-0.4, -0.2) is 26.7 Å². The van der Waals surface area contributed by atoms with Crippen LogP contribution in [0.1, 0.15) is 25.8 Å². The summed E-state index contributed by atoms with van der Waals surface area (Å²) in [5.74, 6) is 0. The molecule has 0 amide bonds. The fourth-order valence-corrected chi connectivity index (χ4v) is 5.61. The predicted octanol–water partition coefficient (Wildman–Crippen LogP) is 2.66. The van der Waals surface area contributed by atoms with E-state index in [1.54, 1.807) is 6.07 Å². The van der Waals surface area contributed by atoms with Crippen molar-refractivity contribution >= 4 is 37.3 Å². The van der Waals surface area contributed by atoms with E-state index in [1.165, 1.54) is 11.3 Å². The number of thiophene rings is 1.